The second-order valence-corrected chi connectivity index (χ2v) is 6.77. The van der Waals surface area contributed by atoms with E-state index in [0.29, 0.717) is 13.2 Å². The standard InChI is InChI=1S/C19H29N3O3/c1-21(2)19(11-10-15-8-5-6-9-16(15)19)18(24)22(3)14-17(23)20-12-7-13-25-4/h5-6,8-9H,7,10-14H2,1-4H3,(H,20,23)/t19-/m0/s1. The van der Waals surface area contributed by atoms with Crippen LogP contribution in [0.15, 0.2) is 24.3 Å². The van der Waals surface area contributed by atoms with E-state index in [1.54, 1.807) is 14.2 Å². The van der Waals surface area contributed by atoms with E-state index in [1.165, 1.54) is 10.5 Å². The number of hydrogen-bond acceptors (Lipinski definition) is 4. The summed E-state index contributed by atoms with van der Waals surface area (Å²) in [6.45, 7) is 1.22. The van der Waals surface area contributed by atoms with Crippen LogP contribution in [0.3, 0.4) is 0 Å². The van der Waals surface area contributed by atoms with Crippen molar-refractivity contribution in [1.82, 2.24) is 15.1 Å². The van der Waals surface area contributed by atoms with E-state index in [9.17, 15) is 9.59 Å². The van der Waals surface area contributed by atoms with Crippen molar-refractivity contribution in [3.05, 3.63) is 35.4 Å². The van der Waals surface area contributed by atoms with Crippen LogP contribution in [0.4, 0.5) is 0 Å². The molecule has 0 saturated heterocycles. The summed E-state index contributed by atoms with van der Waals surface area (Å²) in [5, 5.41) is 2.83. The van der Waals surface area contributed by atoms with Gasteiger partial charge in [-0.3, -0.25) is 14.5 Å². The Bertz CT molecular complexity index is 618. The van der Waals surface area contributed by atoms with Gasteiger partial charge in [0, 0.05) is 27.3 Å². The summed E-state index contributed by atoms with van der Waals surface area (Å²) in [6.07, 6.45) is 2.37. The average Bonchev–Trinajstić information content (AvgIpc) is 2.98. The van der Waals surface area contributed by atoms with E-state index in [-0.39, 0.29) is 18.4 Å². The smallest absolute Gasteiger partial charge is 0.247 e. The molecule has 1 aliphatic carbocycles. The number of ether oxygens (including phenoxy) is 1. The van der Waals surface area contributed by atoms with Gasteiger partial charge in [-0.2, -0.15) is 0 Å². The molecule has 0 bridgehead atoms. The average molecular weight is 347 g/mol. The zero-order chi connectivity index (χ0) is 18.4. The van der Waals surface area contributed by atoms with E-state index in [1.807, 2.05) is 37.2 Å². The van der Waals surface area contributed by atoms with Crippen LogP contribution in [0.1, 0.15) is 24.0 Å². The Kier molecular flexibility index (Phi) is 6.56. The van der Waals surface area contributed by atoms with Crippen molar-refractivity contribution < 1.29 is 14.3 Å². The number of carbonyl (C=O) groups is 2. The molecule has 138 valence electrons. The molecule has 1 aliphatic rings. The maximum absolute atomic E-state index is 13.3. The summed E-state index contributed by atoms with van der Waals surface area (Å²) >= 11 is 0. The molecule has 0 aliphatic heterocycles. The molecule has 6 heteroatoms. The Morgan fingerprint density at radius 2 is 1.96 bits per heavy atom. The Morgan fingerprint density at radius 1 is 1.24 bits per heavy atom. The van der Waals surface area contributed by atoms with E-state index in [2.05, 4.69) is 11.4 Å². The van der Waals surface area contributed by atoms with Gasteiger partial charge < -0.3 is 15.0 Å². The van der Waals surface area contributed by atoms with Crippen LogP contribution < -0.4 is 5.32 Å². The summed E-state index contributed by atoms with van der Waals surface area (Å²) in [4.78, 5) is 28.9. The molecule has 0 saturated carbocycles. The molecular weight excluding hydrogens is 318 g/mol. The minimum absolute atomic E-state index is 0.0329. The van der Waals surface area contributed by atoms with Crippen molar-refractivity contribution in [1.29, 1.82) is 0 Å². The van der Waals surface area contributed by atoms with E-state index in [4.69, 9.17) is 4.74 Å². The number of nitrogens with zero attached hydrogens (tertiary/aromatic N) is 2. The van der Waals surface area contributed by atoms with Gasteiger partial charge in [-0.15, -0.1) is 0 Å². The van der Waals surface area contributed by atoms with Crippen LogP contribution in [-0.2, 0) is 26.3 Å². The third-order valence-corrected chi connectivity index (χ3v) is 4.91. The quantitative estimate of drug-likeness (QED) is 0.713. The topological polar surface area (TPSA) is 61.9 Å². The normalized spacial score (nSPS) is 18.9. The number of nitrogens with one attached hydrogen (secondary N) is 1. The van der Waals surface area contributed by atoms with Gasteiger partial charge >= 0.3 is 0 Å². The molecule has 0 unspecified atom stereocenters. The molecule has 1 N–H and O–H groups in total. The zero-order valence-corrected chi connectivity index (χ0v) is 15.7. The summed E-state index contributed by atoms with van der Waals surface area (Å²) in [6, 6.07) is 8.08. The SMILES string of the molecule is COCCCNC(=O)CN(C)C(=O)[C@]1(N(C)C)CCc2ccccc21. The fraction of sp³-hybridized carbons (Fsp3) is 0.579. The molecule has 0 spiro atoms. The summed E-state index contributed by atoms with van der Waals surface area (Å²) < 4.78 is 4.96. The maximum Gasteiger partial charge on any atom is 0.247 e. The first-order chi connectivity index (χ1) is 11.9. The molecule has 1 aromatic carbocycles. The molecule has 2 rings (SSSR count). The number of methoxy groups -OCH3 is 1. The fourth-order valence-corrected chi connectivity index (χ4v) is 3.57. The molecule has 0 heterocycles. The predicted molar refractivity (Wildman–Crippen MR) is 97.3 cm³/mol. The van der Waals surface area contributed by atoms with E-state index < -0.39 is 5.54 Å². The van der Waals surface area contributed by atoms with Gasteiger partial charge in [0.2, 0.25) is 11.8 Å². The van der Waals surface area contributed by atoms with Crippen LogP contribution in [0.2, 0.25) is 0 Å². The Balaban J connectivity index is 2.08. The van der Waals surface area contributed by atoms with Crippen molar-refractivity contribution in [3.63, 3.8) is 0 Å². The zero-order valence-electron chi connectivity index (χ0n) is 15.7. The first-order valence-corrected chi connectivity index (χ1v) is 8.70. The molecule has 1 atom stereocenters. The van der Waals surface area contributed by atoms with E-state index in [0.717, 1.165) is 24.8 Å². The monoisotopic (exact) mass is 347 g/mol. The lowest BCUT2D eigenvalue weighted by Gasteiger charge is -2.38. The fourth-order valence-electron chi connectivity index (χ4n) is 3.57. The lowest BCUT2D eigenvalue weighted by atomic mass is 9.88. The molecule has 6 nitrogen and oxygen atoms in total. The number of aryl methyl sites for hydroxylation is 1. The minimum atomic E-state index is -0.693. The highest BCUT2D eigenvalue weighted by Gasteiger charge is 2.48. The van der Waals surface area contributed by atoms with E-state index >= 15 is 0 Å². The number of benzene rings is 1. The van der Waals surface area contributed by atoms with Gasteiger partial charge in [0.1, 0.15) is 5.54 Å². The van der Waals surface area contributed by atoms with Crippen LogP contribution >= 0.6 is 0 Å². The third-order valence-electron chi connectivity index (χ3n) is 4.91. The molecule has 25 heavy (non-hydrogen) atoms. The van der Waals surface area contributed by atoms with Crippen LogP contribution in [0, 0.1) is 0 Å². The first-order valence-electron chi connectivity index (χ1n) is 8.70. The second-order valence-electron chi connectivity index (χ2n) is 6.77. The largest absolute Gasteiger partial charge is 0.385 e. The third kappa shape index (κ3) is 4.02. The number of amides is 2. The summed E-state index contributed by atoms with van der Waals surface area (Å²) in [7, 11) is 7.19. The highest BCUT2D eigenvalue weighted by molar-refractivity contribution is 5.92. The van der Waals surface area contributed by atoms with Gasteiger partial charge in [-0.1, -0.05) is 24.3 Å². The molecule has 0 radical (unpaired) electrons. The van der Waals surface area contributed by atoms with Crippen LogP contribution in [0.25, 0.3) is 0 Å². The van der Waals surface area contributed by atoms with Gasteiger partial charge in [-0.25, -0.2) is 0 Å². The van der Waals surface area contributed by atoms with Crippen molar-refractivity contribution in [3.8, 4) is 0 Å². The first kappa shape index (κ1) is 19.4. The Hall–Kier alpha value is -1.92. The van der Waals surface area contributed by atoms with Gasteiger partial charge in [0.05, 0.1) is 6.54 Å². The number of carbonyl (C=O) groups excluding carboxylic acids is 2. The van der Waals surface area contributed by atoms with Crippen molar-refractivity contribution in [2.75, 3.05) is 47.9 Å². The Morgan fingerprint density at radius 3 is 2.64 bits per heavy atom. The molecule has 0 aromatic heterocycles. The number of hydrogen-bond donors (Lipinski definition) is 1. The number of rotatable bonds is 8. The second kappa shape index (κ2) is 8.45. The highest BCUT2D eigenvalue weighted by atomic mass is 16.5. The maximum atomic E-state index is 13.3. The summed E-state index contributed by atoms with van der Waals surface area (Å²) in [5.74, 6) is -0.179. The van der Waals surface area contributed by atoms with Crippen LogP contribution in [-0.4, -0.2) is 69.6 Å². The van der Waals surface area contributed by atoms with Gasteiger partial charge in [0.15, 0.2) is 0 Å². The van der Waals surface area contributed by atoms with Crippen molar-refractivity contribution >= 4 is 11.8 Å². The Labute approximate surface area is 150 Å². The van der Waals surface area contributed by atoms with Gasteiger partial charge in [0.25, 0.3) is 0 Å². The summed E-state index contributed by atoms with van der Waals surface area (Å²) in [5.41, 5.74) is 1.57. The van der Waals surface area contributed by atoms with Crippen molar-refractivity contribution in [2.24, 2.45) is 0 Å². The van der Waals surface area contributed by atoms with Gasteiger partial charge in [-0.05, 0) is 44.5 Å². The highest BCUT2D eigenvalue weighted by Crippen LogP contribution is 2.41. The molecule has 0 fully saturated rings. The van der Waals surface area contributed by atoms with Crippen LogP contribution in [0.5, 0.6) is 0 Å². The minimum Gasteiger partial charge on any atom is -0.385 e. The molecule has 1 aromatic rings. The predicted octanol–water partition coefficient (Wildman–Crippen LogP) is 1.00. The lowest BCUT2D eigenvalue weighted by molar-refractivity contribution is -0.145. The lowest BCUT2D eigenvalue weighted by Crippen LogP contribution is -2.54. The number of likely N-dealkylation sites (N-methyl/N-ethyl adjacent to an activating group) is 2. The van der Waals surface area contributed by atoms with Crippen molar-refractivity contribution in [2.45, 2.75) is 24.8 Å². The molecule has 2 amide bonds. The molecular formula is C19H29N3O3. The number of fused-ring (bicyclic) bond motifs is 1.